The predicted molar refractivity (Wildman–Crippen MR) is 270 cm³/mol. The lowest BCUT2D eigenvalue weighted by atomic mass is 10.0. The molecule has 0 amide bonds. The summed E-state index contributed by atoms with van der Waals surface area (Å²) in [4.78, 5) is 38.0. The van der Waals surface area contributed by atoms with E-state index in [4.69, 9.17) is 14.2 Å². The fourth-order valence-electron chi connectivity index (χ4n) is 7.98. The molecule has 63 heavy (non-hydrogen) atoms. The van der Waals surface area contributed by atoms with E-state index >= 15 is 0 Å². The predicted octanol–water partition coefficient (Wildman–Crippen LogP) is 18.1. The van der Waals surface area contributed by atoms with Gasteiger partial charge in [-0.05, 0) is 57.8 Å². The van der Waals surface area contributed by atoms with Gasteiger partial charge in [0.05, 0.1) is 0 Å². The molecule has 368 valence electrons. The molecule has 0 aromatic heterocycles. The molecule has 0 spiro atoms. The Morgan fingerprint density at radius 1 is 0.317 bits per heavy atom. The van der Waals surface area contributed by atoms with Crippen molar-refractivity contribution in [2.24, 2.45) is 0 Å². The monoisotopic (exact) mass is 885 g/mol. The highest BCUT2D eigenvalue weighted by Gasteiger charge is 2.19. The van der Waals surface area contributed by atoms with Gasteiger partial charge in [0.1, 0.15) is 13.2 Å². The van der Waals surface area contributed by atoms with Gasteiger partial charge in [0, 0.05) is 19.3 Å². The standard InChI is InChI=1S/C57H104O6/c1-4-7-10-13-16-19-22-24-26-28-30-32-35-37-40-43-46-49-55(58)61-52-54(63-57(60)51-48-45-42-39-34-21-18-15-12-9-6-3)53-62-56(59)50-47-44-41-38-36-33-31-29-27-25-23-20-17-14-11-8-5-2/h16,19,24,26,30,32,54H,4-15,17-18,20-23,25,27-29,31,33-53H2,1-3H3/b19-16-,26-24-,32-30-/t54-/m1/s1. The lowest BCUT2D eigenvalue weighted by Gasteiger charge is -2.18. The SMILES string of the molecule is CCCCC/C=C\C/C=C\C/C=C\CCCCCCC(=O)OC[C@H](COC(=O)CCCCCCCCCCCCCCCCCCC)OC(=O)CCCCCCCCCCCCC. The van der Waals surface area contributed by atoms with Crippen LogP contribution in [-0.4, -0.2) is 37.2 Å². The van der Waals surface area contributed by atoms with Crippen LogP contribution in [0.2, 0.25) is 0 Å². The zero-order chi connectivity index (χ0) is 45.8. The van der Waals surface area contributed by atoms with E-state index in [2.05, 4.69) is 57.2 Å². The van der Waals surface area contributed by atoms with Gasteiger partial charge < -0.3 is 14.2 Å². The average molecular weight is 885 g/mol. The lowest BCUT2D eigenvalue weighted by molar-refractivity contribution is -0.167. The molecule has 0 saturated heterocycles. The summed E-state index contributed by atoms with van der Waals surface area (Å²) in [6, 6.07) is 0. The van der Waals surface area contributed by atoms with E-state index in [1.807, 2.05) is 0 Å². The number of hydrogen-bond donors (Lipinski definition) is 0. The van der Waals surface area contributed by atoms with Crippen molar-refractivity contribution < 1.29 is 28.6 Å². The highest BCUT2D eigenvalue weighted by molar-refractivity contribution is 5.71. The van der Waals surface area contributed by atoms with Gasteiger partial charge in [-0.25, -0.2) is 0 Å². The fourth-order valence-corrected chi connectivity index (χ4v) is 7.98. The number of carbonyl (C=O) groups is 3. The smallest absolute Gasteiger partial charge is 0.306 e. The number of ether oxygens (including phenoxy) is 3. The molecule has 0 heterocycles. The lowest BCUT2D eigenvalue weighted by Crippen LogP contribution is -2.30. The zero-order valence-corrected chi connectivity index (χ0v) is 42.1. The van der Waals surface area contributed by atoms with Crippen LogP contribution in [0.4, 0.5) is 0 Å². The number of allylic oxidation sites excluding steroid dienone is 6. The van der Waals surface area contributed by atoms with Gasteiger partial charge in [-0.3, -0.25) is 14.4 Å². The average Bonchev–Trinajstić information content (AvgIpc) is 3.28. The molecule has 0 aliphatic carbocycles. The van der Waals surface area contributed by atoms with E-state index in [9.17, 15) is 14.4 Å². The molecule has 0 unspecified atom stereocenters. The summed E-state index contributed by atoms with van der Waals surface area (Å²) in [5.74, 6) is -0.883. The fraction of sp³-hybridized carbons (Fsp3) is 0.842. The second-order valence-electron chi connectivity index (χ2n) is 18.5. The van der Waals surface area contributed by atoms with Crippen molar-refractivity contribution in [3.63, 3.8) is 0 Å². The van der Waals surface area contributed by atoms with Gasteiger partial charge in [0.25, 0.3) is 0 Å². The highest BCUT2D eigenvalue weighted by atomic mass is 16.6. The summed E-state index contributed by atoms with van der Waals surface area (Å²) in [6.45, 7) is 6.62. The van der Waals surface area contributed by atoms with Gasteiger partial charge in [0.2, 0.25) is 0 Å². The molecule has 0 radical (unpaired) electrons. The van der Waals surface area contributed by atoms with E-state index in [-0.39, 0.29) is 31.1 Å². The van der Waals surface area contributed by atoms with E-state index < -0.39 is 6.10 Å². The molecule has 6 heteroatoms. The second kappa shape index (κ2) is 52.3. The van der Waals surface area contributed by atoms with Crippen LogP contribution in [0.5, 0.6) is 0 Å². The quantitative estimate of drug-likeness (QED) is 0.0262. The summed E-state index contributed by atoms with van der Waals surface area (Å²) in [5.41, 5.74) is 0. The Balaban J connectivity index is 4.33. The van der Waals surface area contributed by atoms with Gasteiger partial charge in [0.15, 0.2) is 6.10 Å². The molecular formula is C57H104O6. The molecular weight excluding hydrogens is 781 g/mol. The summed E-state index contributed by atoms with van der Waals surface area (Å²) in [6.07, 6.45) is 61.3. The number of esters is 3. The van der Waals surface area contributed by atoms with Crippen molar-refractivity contribution >= 4 is 17.9 Å². The largest absolute Gasteiger partial charge is 0.462 e. The first-order valence-corrected chi connectivity index (χ1v) is 27.5. The minimum absolute atomic E-state index is 0.0749. The molecule has 0 fully saturated rings. The first-order chi connectivity index (χ1) is 31.0. The van der Waals surface area contributed by atoms with E-state index in [1.165, 1.54) is 167 Å². The Morgan fingerprint density at radius 2 is 0.571 bits per heavy atom. The van der Waals surface area contributed by atoms with Crippen molar-refractivity contribution in [1.82, 2.24) is 0 Å². The molecule has 0 bridgehead atoms. The van der Waals surface area contributed by atoms with E-state index in [0.29, 0.717) is 19.3 Å². The van der Waals surface area contributed by atoms with E-state index in [0.717, 1.165) is 83.5 Å². The zero-order valence-electron chi connectivity index (χ0n) is 42.1. The number of unbranched alkanes of at least 4 members (excludes halogenated alkanes) is 33. The Morgan fingerprint density at radius 3 is 0.921 bits per heavy atom. The maximum absolute atomic E-state index is 12.8. The topological polar surface area (TPSA) is 78.9 Å². The molecule has 0 aliphatic rings. The summed E-state index contributed by atoms with van der Waals surface area (Å²) in [5, 5.41) is 0. The van der Waals surface area contributed by atoms with Crippen molar-refractivity contribution in [2.45, 2.75) is 297 Å². The number of rotatable bonds is 50. The molecule has 0 aromatic rings. The van der Waals surface area contributed by atoms with E-state index in [1.54, 1.807) is 0 Å². The van der Waals surface area contributed by atoms with Crippen molar-refractivity contribution in [3.8, 4) is 0 Å². The van der Waals surface area contributed by atoms with Gasteiger partial charge in [-0.15, -0.1) is 0 Å². The van der Waals surface area contributed by atoms with Crippen molar-refractivity contribution in [2.75, 3.05) is 13.2 Å². The molecule has 0 saturated carbocycles. The van der Waals surface area contributed by atoms with Crippen molar-refractivity contribution in [1.29, 1.82) is 0 Å². The molecule has 1 atom stereocenters. The number of carbonyl (C=O) groups excluding carboxylic acids is 3. The van der Waals surface area contributed by atoms with Crippen LogP contribution in [0.3, 0.4) is 0 Å². The van der Waals surface area contributed by atoms with Crippen LogP contribution >= 0.6 is 0 Å². The van der Waals surface area contributed by atoms with Crippen LogP contribution in [0.25, 0.3) is 0 Å². The highest BCUT2D eigenvalue weighted by Crippen LogP contribution is 2.16. The Hall–Kier alpha value is -2.37. The second-order valence-corrected chi connectivity index (χ2v) is 18.5. The summed E-state index contributed by atoms with van der Waals surface area (Å²) >= 11 is 0. The van der Waals surface area contributed by atoms with Gasteiger partial charge >= 0.3 is 17.9 Å². The van der Waals surface area contributed by atoms with Crippen LogP contribution in [0.1, 0.15) is 290 Å². The Labute approximate surface area is 391 Å². The maximum Gasteiger partial charge on any atom is 0.306 e. The maximum atomic E-state index is 12.8. The molecule has 0 rings (SSSR count). The van der Waals surface area contributed by atoms with Gasteiger partial charge in [-0.2, -0.15) is 0 Å². The first kappa shape index (κ1) is 60.6. The summed E-state index contributed by atoms with van der Waals surface area (Å²) in [7, 11) is 0. The molecule has 0 aromatic carbocycles. The number of hydrogen-bond acceptors (Lipinski definition) is 6. The van der Waals surface area contributed by atoms with Crippen LogP contribution in [-0.2, 0) is 28.6 Å². The van der Waals surface area contributed by atoms with Gasteiger partial charge in [-0.1, -0.05) is 250 Å². The minimum Gasteiger partial charge on any atom is -0.462 e. The van der Waals surface area contributed by atoms with Crippen LogP contribution < -0.4 is 0 Å². The van der Waals surface area contributed by atoms with Crippen LogP contribution in [0, 0.1) is 0 Å². The molecule has 0 aliphatic heterocycles. The third kappa shape index (κ3) is 50.5. The summed E-state index contributed by atoms with van der Waals surface area (Å²) < 4.78 is 16.8. The van der Waals surface area contributed by atoms with Crippen LogP contribution in [0.15, 0.2) is 36.5 Å². The first-order valence-electron chi connectivity index (χ1n) is 27.5. The molecule has 6 nitrogen and oxygen atoms in total. The minimum atomic E-state index is -0.776. The Bertz CT molecular complexity index is 1060. The normalized spacial score (nSPS) is 12.2. The van der Waals surface area contributed by atoms with Crippen molar-refractivity contribution in [3.05, 3.63) is 36.5 Å². The third-order valence-corrected chi connectivity index (χ3v) is 12.1. The Kier molecular flexibility index (Phi) is 50.3. The molecule has 0 N–H and O–H groups in total. The third-order valence-electron chi connectivity index (χ3n) is 12.1.